The molecule has 3 heterocycles. The number of aromatic nitrogens is 2. The van der Waals surface area contributed by atoms with Gasteiger partial charge in [-0.05, 0) is 68.5 Å². The Balaban J connectivity index is 1.33. The van der Waals surface area contributed by atoms with Crippen LogP contribution in [0.1, 0.15) is 50.2 Å². The first-order valence-corrected chi connectivity index (χ1v) is 13.1. The second-order valence-electron chi connectivity index (χ2n) is 9.43. The second kappa shape index (κ2) is 11.6. The van der Waals surface area contributed by atoms with Crippen molar-refractivity contribution in [3.05, 3.63) is 82.5 Å². The molecule has 2 aromatic heterocycles. The van der Waals surface area contributed by atoms with Crippen LogP contribution >= 0.6 is 0 Å². The van der Waals surface area contributed by atoms with Crippen molar-refractivity contribution in [1.29, 1.82) is 0 Å². The molecule has 0 bridgehead atoms. The molecule has 7 heteroatoms. The van der Waals surface area contributed by atoms with Crippen LogP contribution in [0, 0.1) is 0 Å². The van der Waals surface area contributed by atoms with Gasteiger partial charge in [0.25, 0.3) is 0 Å². The highest BCUT2D eigenvalue weighted by Gasteiger charge is 2.17. The Morgan fingerprint density at radius 1 is 1.03 bits per heavy atom. The summed E-state index contributed by atoms with van der Waals surface area (Å²) in [6.07, 6.45) is 5.22. The van der Waals surface area contributed by atoms with Gasteiger partial charge in [-0.1, -0.05) is 31.2 Å². The lowest BCUT2D eigenvalue weighted by molar-refractivity contribution is 0.187. The van der Waals surface area contributed by atoms with Crippen LogP contribution in [-0.2, 0) is 6.42 Å². The molecule has 5 rings (SSSR count). The van der Waals surface area contributed by atoms with Crippen molar-refractivity contribution in [2.75, 3.05) is 19.7 Å². The third kappa shape index (κ3) is 6.00. The zero-order valence-corrected chi connectivity index (χ0v) is 21.4. The van der Waals surface area contributed by atoms with Gasteiger partial charge in [0.15, 0.2) is 0 Å². The lowest BCUT2D eigenvalue weighted by Crippen LogP contribution is -2.26. The largest absolute Gasteiger partial charge is 0.493 e. The molecule has 1 N–H and O–H groups in total. The monoisotopic (exact) mass is 499 g/mol. The maximum Gasteiger partial charge on any atom is 0.336 e. The number of fused-ring (bicyclic) bond motifs is 1. The summed E-state index contributed by atoms with van der Waals surface area (Å²) in [5.41, 5.74) is 4.41. The Bertz CT molecular complexity index is 1390. The number of benzene rings is 2. The van der Waals surface area contributed by atoms with Crippen LogP contribution in [0.2, 0.25) is 0 Å². The molecule has 0 unspecified atom stereocenters. The molecule has 1 fully saturated rings. The van der Waals surface area contributed by atoms with E-state index in [-0.39, 0.29) is 11.7 Å². The van der Waals surface area contributed by atoms with Crippen molar-refractivity contribution < 1.29 is 13.9 Å². The van der Waals surface area contributed by atoms with E-state index in [4.69, 9.17) is 13.9 Å². The van der Waals surface area contributed by atoms with Crippen molar-refractivity contribution in [2.45, 2.75) is 51.6 Å². The number of hydrogen-bond donors (Lipinski definition) is 1. The van der Waals surface area contributed by atoms with Gasteiger partial charge in [-0.15, -0.1) is 0 Å². The number of piperidine rings is 1. The highest BCUT2D eigenvalue weighted by molar-refractivity contribution is 5.79. The Morgan fingerprint density at radius 3 is 2.59 bits per heavy atom. The molecule has 0 spiro atoms. The van der Waals surface area contributed by atoms with E-state index in [9.17, 15) is 4.79 Å². The smallest absolute Gasteiger partial charge is 0.336 e. The van der Waals surface area contributed by atoms with E-state index in [0.29, 0.717) is 36.2 Å². The molecule has 1 aliphatic heterocycles. The summed E-state index contributed by atoms with van der Waals surface area (Å²) in [4.78, 5) is 20.5. The number of hydrogen-bond acceptors (Lipinski definition) is 7. The number of nitrogens with one attached hydrogen (secondary N) is 1. The minimum Gasteiger partial charge on any atom is -0.493 e. The van der Waals surface area contributed by atoms with Gasteiger partial charge in [-0.3, -0.25) is 0 Å². The molecule has 4 aromatic rings. The molecule has 1 aliphatic rings. The van der Waals surface area contributed by atoms with Gasteiger partial charge in [0.05, 0.1) is 12.3 Å². The summed E-state index contributed by atoms with van der Waals surface area (Å²) in [6, 6.07) is 17.6. The molecule has 0 amide bonds. The molecule has 1 saturated heterocycles. The van der Waals surface area contributed by atoms with Crippen molar-refractivity contribution in [3.8, 4) is 22.9 Å². The van der Waals surface area contributed by atoms with E-state index in [2.05, 4.69) is 46.5 Å². The highest BCUT2D eigenvalue weighted by Crippen LogP contribution is 2.30. The third-order valence-corrected chi connectivity index (χ3v) is 6.95. The van der Waals surface area contributed by atoms with Gasteiger partial charge in [0, 0.05) is 35.6 Å². The minimum absolute atomic E-state index is 0.114. The van der Waals surface area contributed by atoms with E-state index in [0.717, 1.165) is 41.7 Å². The van der Waals surface area contributed by atoms with Gasteiger partial charge in [-0.2, -0.15) is 0 Å². The molecule has 192 valence electrons. The van der Waals surface area contributed by atoms with Crippen LogP contribution < -0.4 is 20.4 Å². The van der Waals surface area contributed by atoms with E-state index in [1.807, 2.05) is 19.1 Å². The fraction of sp³-hybridized carbons (Fsp3) is 0.367. The standard InChI is InChI=1S/C30H33N3O4/c1-3-25(16-24-15-23-9-10-30(34)37-28(23)18-27(24)35-4-2)36-29-17-26(32-19-33-29)22-7-5-20(6-8-22)21-11-13-31-14-12-21/h5-10,15,17-19,21,25,31H,3-4,11-14,16H2,1-2H3/t25-/m1/s1. The molecule has 1 atom stereocenters. The molecule has 0 aliphatic carbocycles. The maximum absolute atomic E-state index is 11.6. The molecular formula is C30H33N3O4. The van der Waals surface area contributed by atoms with E-state index < -0.39 is 0 Å². The van der Waals surface area contributed by atoms with Crippen molar-refractivity contribution in [3.63, 3.8) is 0 Å². The van der Waals surface area contributed by atoms with Crippen LogP contribution in [0.3, 0.4) is 0 Å². The third-order valence-electron chi connectivity index (χ3n) is 6.95. The predicted octanol–water partition coefficient (Wildman–Crippen LogP) is 5.52. The summed E-state index contributed by atoms with van der Waals surface area (Å²) in [7, 11) is 0. The lowest BCUT2D eigenvalue weighted by Gasteiger charge is -2.23. The number of ether oxygens (including phenoxy) is 2. The maximum atomic E-state index is 11.6. The second-order valence-corrected chi connectivity index (χ2v) is 9.43. The Labute approximate surface area is 216 Å². The first kappa shape index (κ1) is 25.0. The van der Waals surface area contributed by atoms with Crippen molar-refractivity contribution in [2.24, 2.45) is 0 Å². The van der Waals surface area contributed by atoms with Crippen molar-refractivity contribution in [1.82, 2.24) is 15.3 Å². The fourth-order valence-electron chi connectivity index (χ4n) is 4.92. The quantitative estimate of drug-likeness (QED) is 0.304. The van der Waals surface area contributed by atoms with Gasteiger partial charge in [0.1, 0.15) is 23.8 Å². The van der Waals surface area contributed by atoms with Crippen molar-refractivity contribution >= 4 is 11.0 Å². The van der Waals surface area contributed by atoms with Crippen LogP contribution in [0.4, 0.5) is 0 Å². The van der Waals surface area contributed by atoms with Crippen LogP contribution in [-0.4, -0.2) is 35.8 Å². The van der Waals surface area contributed by atoms with Crippen LogP contribution in [0.15, 0.2) is 70.1 Å². The van der Waals surface area contributed by atoms with E-state index in [1.54, 1.807) is 18.5 Å². The van der Waals surface area contributed by atoms with Gasteiger partial charge in [-0.25, -0.2) is 14.8 Å². The van der Waals surface area contributed by atoms with E-state index in [1.165, 1.54) is 24.5 Å². The zero-order valence-electron chi connectivity index (χ0n) is 21.4. The molecule has 0 radical (unpaired) electrons. The summed E-state index contributed by atoms with van der Waals surface area (Å²) < 4.78 is 17.5. The zero-order chi connectivity index (χ0) is 25.6. The van der Waals surface area contributed by atoms with Crippen LogP contribution in [0.5, 0.6) is 11.6 Å². The lowest BCUT2D eigenvalue weighted by atomic mass is 9.89. The normalized spacial score (nSPS) is 15.0. The van der Waals surface area contributed by atoms with E-state index >= 15 is 0 Å². The summed E-state index contributed by atoms with van der Waals surface area (Å²) >= 11 is 0. The number of rotatable bonds is 9. The average molecular weight is 500 g/mol. The molecule has 0 saturated carbocycles. The first-order valence-electron chi connectivity index (χ1n) is 13.1. The van der Waals surface area contributed by atoms with Gasteiger partial charge in [0.2, 0.25) is 5.88 Å². The summed E-state index contributed by atoms with van der Waals surface area (Å²) in [5, 5.41) is 4.28. The Morgan fingerprint density at radius 2 is 1.84 bits per heavy atom. The molecule has 7 nitrogen and oxygen atoms in total. The summed E-state index contributed by atoms with van der Waals surface area (Å²) in [5.74, 6) is 1.87. The highest BCUT2D eigenvalue weighted by atomic mass is 16.5. The minimum atomic E-state index is -0.377. The molecule has 2 aromatic carbocycles. The SMILES string of the molecule is CCOc1cc2oc(=O)ccc2cc1C[C@@H](CC)Oc1cc(-c2ccc(C3CCNCC3)cc2)ncn1. The Hall–Kier alpha value is -3.71. The van der Waals surface area contributed by atoms with Gasteiger partial charge < -0.3 is 19.2 Å². The topological polar surface area (TPSA) is 86.5 Å². The predicted molar refractivity (Wildman–Crippen MR) is 144 cm³/mol. The van der Waals surface area contributed by atoms with Gasteiger partial charge >= 0.3 is 5.63 Å². The Kier molecular flexibility index (Phi) is 7.80. The average Bonchev–Trinajstić information content (AvgIpc) is 2.94. The first-order chi connectivity index (χ1) is 18.1. The fourth-order valence-corrected chi connectivity index (χ4v) is 4.92. The van der Waals surface area contributed by atoms with Crippen LogP contribution in [0.25, 0.3) is 22.2 Å². The molecular weight excluding hydrogens is 466 g/mol. The number of nitrogens with zero attached hydrogens (tertiary/aromatic N) is 2. The molecule has 37 heavy (non-hydrogen) atoms. The summed E-state index contributed by atoms with van der Waals surface area (Å²) in [6.45, 7) is 6.70.